The molecule has 0 aliphatic heterocycles. The van der Waals surface area contributed by atoms with Crippen molar-refractivity contribution < 1.29 is 9.90 Å². The molecule has 1 N–H and O–H groups in total. The van der Waals surface area contributed by atoms with Crippen molar-refractivity contribution in [1.29, 1.82) is 0 Å². The van der Waals surface area contributed by atoms with Gasteiger partial charge in [-0.25, -0.2) is 4.68 Å². The molecule has 0 aromatic carbocycles. The van der Waals surface area contributed by atoms with Gasteiger partial charge in [-0.05, 0) is 10.4 Å². The molecule has 10 heavy (non-hydrogen) atoms. The number of aliphatic carboxylic acids is 1. The molecular weight excluding hydrogens is 136 g/mol. The Kier molecular flexibility index (Phi) is 1.93. The van der Waals surface area contributed by atoms with E-state index in [1.54, 1.807) is 0 Å². The van der Waals surface area contributed by atoms with Crippen molar-refractivity contribution in [3.63, 3.8) is 0 Å². The van der Waals surface area contributed by atoms with Gasteiger partial charge < -0.3 is 5.11 Å². The molecule has 0 aliphatic carbocycles. The number of nitrogens with zero attached hydrogens (tertiary/aromatic N) is 4. The minimum Gasteiger partial charge on any atom is -0.481 e. The van der Waals surface area contributed by atoms with Gasteiger partial charge >= 0.3 is 5.97 Å². The van der Waals surface area contributed by atoms with Gasteiger partial charge in [-0.2, -0.15) is 0 Å². The molecule has 53 valence electrons. The molecule has 0 amide bonds. The lowest BCUT2D eigenvalue weighted by Crippen LogP contribution is -2.05. The van der Waals surface area contributed by atoms with E-state index in [0.717, 1.165) is 0 Å². The number of carboxylic acid groups (broad SMARTS) is 1. The standard InChI is InChI=1S/C4H5N4O2/c9-4(10)1-2-8-3-5-6-7-8/h1-2H2,(H,9,10). The van der Waals surface area contributed by atoms with Crippen molar-refractivity contribution in [2.45, 2.75) is 13.0 Å². The number of carboxylic acids is 1. The second-order valence-electron chi connectivity index (χ2n) is 1.65. The molecule has 0 aliphatic rings. The summed E-state index contributed by atoms with van der Waals surface area (Å²) in [4.78, 5) is 10.00. The minimum atomic E-state index is -0.871. The third kappa shape index (κ3) is 1.81. The van der Waals surface area contributed by atoms with Gasteiger partial charge in [0, 0.05) is 0 Å². The van der Waals surface area contributed by atoms with Crippen LogP contribution in [-0.2, 0) is 11.3 Å². The summed E-state index contributed by atoms with van der Waals surface area (Å²) >= 11 is 0. The maximum atomic E-state index is 10.00. The summed E-state index contributed by atoms with van der Waals surface area (Å²) in [6.45, 7) is 0.266. The smallest absolute Gasteiger partial charge is 0.305 e. The zero-order chi connectivity index (χ0) is 7.40. The molecule has 6 heteroatoms. The number of hydrogen-bond donors (Lipinski definition) is 1. The fourth-order valence-corrected chi connectivity index (χ4v) is 0.456. The summed E-state index contributed by atoms with van der Waals surface area (Å²) in [7, 11) is 0. The molecule has 0 atom stereocenters. The first-order valence-electron chi connectivity index (χ1n) is 2.64. The van der Waals surface area contributed by atoms with Crippen LogP contribution in [0.25, 0.3) is 0 Å². The first kappa shape index (κ1) is 6.66. The van der Waals surface area contributed by atoms with Gasteiger partial charge in [-0.1, -0.05) is 0 Å². The molecule has 1 aromatic heterocycles. The highest BCUT2D eigenvalue weighted by molar-refractivity contribution is 5.66. The molecule has 1 heterocycles. The third-order valence-corrected chi connectivity index (χ3v) is 0.890. The quantitative estimate of drug-likeness (QED) is 0.580. The van der Waals surface area contributed by atoms with E-state index in [2.05, 4.69) is 21.9 Å². The second kappa shape index (κ2) is 2.90. The monoisotopic (exact) mass is 141 g/mol. The highest BCUT2D eigenvalue weighted by Gasteiger charge is 1.97. The average molecular weight is 141 g/mol. The molecule has 1 radical (unpaired) electrons. The van der Waals surface area contributed by atoms with E-state index in [1.807, 2.05) is 0 Å². The van der Waals surface area contributed by atoms with Gasteiger partial charge in [0.25, 0.3) is 0 Å². The predicted molar refractivity (Wildman–Crippen MR) is 28.9 cm³/mol. The van der Waals surface area contributed by atoms with Crippen molar-refractivity contribution in [3.8, 4) is 0 Å². The van der Waals surface area contributed by atoms with Gasteiger partial charge in [0.1, 0.15) is 0 Å². The average Bonchev–Trinajstić information content (AvgIpc) is 2.34. The van der Waals surface area contributed by atoms with Crippen LogP contribution in [0, 0.1) is 6.33 Å². The van der Waals surface area contributed by atoms with E-state index in [1.165, 1.54) is 4.68 Å². The fraction of sp³-hybridized carbons (Fsp3) is 0.500. The minimum absolute atomic E-state index is 0.0154. The maximum Gasteiger partial charge on any atom is 0.305 e. The molecule has 0 fully saturated rings. The van der Waals surface area contributed by atoms with Gasteiger partial charge in [-0.3, -0.25) is 4.79 Å². The molecule has 0 saturated carbocycles. The van der Waals surface area contributed by atoms with Crippen molar-refractivity contribution in [3.05, 3.63) is 6.33 Å². The topological polar surface area (TPSA) is 80.9 Å². The largest absolute Gasteiger partial charge is 0.481 e. The van der Waals surface area contributed by atoms with E-state index in [-0.39, 0.29) is 13.0 Å². The van der Waals surface area contributed by atoms with Crippen molar-refractivity contribution in [2.24, 2.45) is 0 Å². The van der Waals surface area contributed by atoms with Crippen LogP contribution in [0.4, 0.5) is 0 Å². The van der Waals surface area contributed by atoms with Gasteiger partial charge in [-0.15, -0.1) is 5.10 Å². The van der Waals surface area contributed by atoms with Crippen LogP contribution in [-0.4, -0.2) is 31.3 Å². The van der Waals surface area contributed by atoms with Crippen LogP contribution in [0.2, 0.25) is 0 Å². The van der Waals surface area contributed by atoms with Gasteiger partial charge in [0.15, 0.2) is 0 Å². The van der Waals surface area contributed by atoms with Gasteiger partial charge in [0.05, 0.1) is 13.0 Å². The second-order valence-corrected chi connectivity index (χ2v) is 1.65. The number of carbonyl (C=O) groups is 1. The number of rotatable bonds is 3. The van der Waals surface area contributed by atoms with Crippen molar-refractivity contribution in [2.75, 3.05) is 0 Å². The lowest BCUT2D eigenvalue weighted by atomic mass is 10.4. The molecular formula is C4H5N4O2. The molecule has 6 nitrogen and oxygen atoms in total. The van der Waals surface area contributed by atoms with E-state index in [4.69, 9.17) is 5.11 Å². The Balaban J connectivity index is 2.35. The van der Waals surface area contributed by atoms with E-state index in [9.17, 15) is 4.79 Å². The SMILES string of the molecule is O=C(O)CCn1[c]nnn1. The Bertz CT molecular complexity index is 207. The summed E-state index contributed by atoms with van der Waals surface area (Å²) in [6, 6.07) is 0. The summed E-state index contributed by atoms with van der Waals surface area (Å²) in [5.41, 5.74) is 0. The van der Waals surface area contributed by atoms with Crippen molar-refractivity contribution >= 4 is 5.97 Å². The Morgan fingerprint density at radius 3 is 3.00 bits per heavy atom. The van der Waals surface area contributed by atoms with Crippen LogP contribution in [0.15, 0.2) is 0 Å². The number of tetrazole rings is 1. The number of hydrogen-bond acceptors (Lipinski definition) is 4. The van der Waals surface area contributed by atoms with Crippen LogP contribution in [0.1, 0.15) is 6.42 Å². The lowest BCUT2D eigenvalue weighted by Gasteiger charge is -1.91. The Morgan fingerprint density at radius 2 is 2.50 bits per heavy atom. The Labute approximate surface area is 56.5 Å². The Hall–Kier alpha value is -1.46. The predicted octanol–water partition coefficient (Wildman–Crippen LogP) is -1.05. The summed E-state index contributed by atoms with van der Waals surface area (Å²) in [5.74, 6) is -0.871. The molecule has 0 bridgehead atoms. The first-order chi connectivity index (χ1) is 4.79. The number of aromatic nitrogens is 4. The zero-order valence-electron chi connectivity index (χ0n) is 5.06. The Morgan fingerprint density at radius 1 is 1.70 bits per heavy atom. The third-order valence-electron chi connectivity index (χ3n) is 0.890. The zero-order valence-corrected chi connectivity index (χ0v) is 5.06. The first-order valence-corrected chi connectivity index (χ1v) is 2.64. The summed E-state index contributed by atoms with van der Waals surface area (Å²) in [6.07, 6.45) is 2.39. The van der Waals surface area contributed by atoms with Crippen LogP contribution >= 0.6 is 0 Å². The summed E-state index contributed by atoms with van der Waals surface area (Å²) in [5, 5.41) is 18.1. The highest BCUT2D eigenvalue weighted by Crippen LogP contribution is 1.83. The van der Waals surface area contributed by atoms with Crippen LogP contribution in [0.5, 0.6) is 0 Å². The normalized spacial score (nSPS) is 9.60. The van der Waals surface area contributed by atoms with Crippen LogP contribution < -0.4 is 0 Å². The molecule has 0 spiro atoms. The number of aryl methyl sites for hydroxylation is 1. The lowest BCUT2D eigenvalue weighted by molar-refractivity contribution is -0.137. The van der Waals surface area contributed by atoms with Crippen molar-refractivity contribution in [1.82, 2.24) is 20.2 Å². The maximum absolute atomic E-state index is 10.00. The molecule has 1 rings (SSSR count). The fourth-order valence-electron chi connectivity index (χ4n) is 0.456. The summed E-state index contributed by atoms with van der Waals surface area (Å²) < 4.78 is 1.24. The highest BCUT2D eigenvalue weighted by atomic mass is 16.4. The van der Waals surface area contributed by atoms with E-state index >= 15 is 0 Å². The van der Waals surface area contributed by atoms with Gasteiger partial charge in [0.2, 0.25) is 6.33 Å². The molecule has 1 aromatic rings. The molecule has 0 saturated heterocycles. The van der Waals surface area contributed by atoms with Crippen LogP contribution in [0.3, 0.4) is 0 Å². The van der Waals surface area contributed by atoms with E-state index in [0.29, 0.717) is 0 Å². The molecule has 0 unspecified atom stereocenters. The van der Waals surface area contributed by atoms with E-state index < -0.39 is 5.97 Å².